The van der Waals surface area contributed by atoms with E-state index in [-0.39, 0.29) is 5.91 Å². The lowest BCUT2D eigenvalue weighted by atomic mass is 9.92. The molecular formula is C23H36N2O2. The van der Waals surface area contributed by atoms with Crippen LogP contribution in [0.4, 0.5) is 0 Å². The monoisotopic (exact) mass is 372 g/mol. The Bertz CT molecular complexity index is 616. The molecule has 4 nitrogen and oxygen atoms in total. The van der Waals surface area contributed by atoms with Crippen molar-refractivity contribution in [1.82, 2.24) is 10.2 Å². The van der Waals surface area contributed by atoms with Crippen molar-refractivity contribution in [2.24, 2.45) is 5.92 Å². The summed E-state index contributed by atoms with van der Waals surface area (Å²) in [5.41, 5.74) is 2.84. The predicted octanol–water partition coefficient (Wildman–Crippen LogP) is 3.96. The Morgan fingerprint density at radius 2 is 2.07 bits per heavy atom. The fourth-order valence-corrected chi connectivity index (χ4v) is 4.39. The zero-order chi connectivity index (χ0) is 19.1. The molecule has 1 N–H and O–H groups in total. The zero-order valence-corrected chi connectivity index (χ0v) is 17.1. The molecule has 0 unspecified atom stereocenters. The van der Waals surface area contributed by atoms with Gasteiger partial charge >= 0.3 is 0 Å². The van der Waals surface area contributed by atoms with Crippen LogP contribution in [0.3, 0.4) is 0 Å². The van der Waals surface area contributed by atoms with Crippen LogP contribution >= 0.6 is 0 Å². The molecule has 1 aromatic carbocycles. The Morgan fingerprint density at radius 1 is 1.26 bits per heavy atom. The van der Waals surface area contributed by atoms with Gasteiger partial charge in [-0.25, -0.2) is 0 Å². The molecule has 0 bridgehead atoms. The lowest BCUT2D eigenvalue weighted by Crippen LogP contribution is -2.40. The maximum Gasteiger partial charge on any atom is 0.261 e. The van der Waals surface area contributed by atoms with Gasteiger partial charge < -0.3 is 15.0 Å². The number of benzene rings is 1. The van der Waals surface area contributed by atoms with Crippen molar-refractivity contribution in [3.05, 3.63) is 29.3 Å². The molecule has 1 aromatic rings. The fourth-order valence-electron chi connectivity index (χ4n) is 4.39. The third-order valence-corrected chi connectivity index (χ3v) is 5.95. The lowest BCUT2D eigenvalue weighted by Gasteiger charge is -2.30. The quantitative estimate of drug-likeness (QED) is 0.702. The van der Waals surface area contributed by atoms with E-state index in [1.807, 2.05) is 13.0 Å². The van der Waals surface area contributed by atoms with Crippen molar-refractivity contribution in [1.29, 1.82) is 0 Å². The Hall–Kier alpha value is -1.55. The molecule has 3 rings (SSSR count). The van der Waals surface area contributed by atoms with E-state index >= 15 is 0 Å². The van der Waals surface area contributed by atoms with E-state index < -0.39 is 6.10 Å². The van der Waals surface area contributed by atoms with Crippen molar-refractivity contribution >= 4 is 5.91 Å². The Morgan fingerprint density at radius 3 is 2.85 bits per heavy atom. The number of nitrogens with zero attached hydrogens (tertiary/aromatic N) is 1. The fraction of sp³-hybridized carbons (Fsp3) is 0.696. The smallest absolute Gasteiger partial charge is 0.261 e. The van der Waals surface area contributed by atoms with Gasteiger partial charge in [-0.3, -0.25) is 4.79 Å². The molecule has 2 atom stereocenters. The number of piperidine rings is 1. The van der Waals surface area contributed by atoms with Gasteiger partial charge in [-0.05, 0) is 93.6 Å². The number of carbonyl (C=O) groups is 1. The van der Waals surface area contributed by atoms with Gasteiger partial charge in [0.1, 0.15) is 5.75 Å². The number of hydrogen-bond acceptors (Lipinski definition) is 3. The molecule has 1 aliphatic heterocycles. The van der Waals surface area contributed by atoms with Gasteiger partial charge in [-0.1, -0.05) is 19.9 Å². The first-order valence-electron chi connectivity index (χ1n) is 10.9. The van der Waals surface area contributed by atoms with Crippen LogP contribution in [0.2, 0.25) is 0 Å². The SMILES string of the molecule is CC[C@@H](Oc1ccc2c(c1)CCCC2)C(=O)NCCCN1CCC[C@@H](C)C1. The highest BCUT2D eigenvalue weighted by molar-refractivity contribution is 5.81. The van der Waals surface area contributed by atoms with E-state index in [0.29, 0.717) is 6.42 Å². The number of rotatable bonds is 8. The molecule has 0 spiro atoms. The van der Waals surface area contributed by atoms with E-state index in [1.165, 1.54) is 56.3 Å². The molecule has 1 saturated heterocycles. The van der Waals surface area contributed by atoms with Crippen molar-refractivity contribution in [3.8, 4) is 5.75 Å². The van der Waals surface area contributed by atoms with Gasteiger partial charge in [0, 0.05) is 13.1 Å². The van der Waals surface area contributed by atoms with E-state index in [4.69, 9.17) is 4.74 Å². The molecule has 150 valence electrons. The maximum absolute atomic E-state index is 12.5. The van der Waals surface area contributed by atoms with Gasteiger partial charge in [0.25, 0.3) is 5.91 Å². The Kier molecular flexibility index (Phi) is 7.57. The summed E-state index contributed by atoms with van der Waals surface area (Å²) < 4.78 is 6.03. The lowest BCUT2D eigenvalue weighted by molar-refractivity contribution is -0.128. The number of aryl methyl sites for hydroxylation is 2. The van der Waals surface area contributed by atoms with Crippen molar-refractivity contribution < 1.29 is 9.53 Å². The Labute approximate surface area is 164 Å². The average molecular weight is 373 g/mol. The molecule has 1 heterocycles. The minimum absolute atomic E-state index is 0.0160. The molecule has 1 amide bonds. The molecule has 1 aliphatic carbocycles. The predicted molar refractivity (Wildman–Crippen MR) is 110 cm³/mol. The van der Waals surface area contributed by atoms with E-state index in [9.17, 15) is 4.79 Å². The van der Waals surface area contributed by atoms with Crippen LogP contribution in [0.25, 0.3) is 0 Å². The summed E-state index contributed by atoms with van der Waals surface area (Å²) in [5, 5.41) is 3.08. The number of likely N-dealkylation sites (tertiary alicyclic amines) is 1. The highest BCUT2D eigenvalue weighted by Crippen LogP contribution is 2.26. The van der Waals surface area contributed by atoms with Gasteiger partial charge in [-0.15, -0.1) is 0 Å². The molecule has 0 aromatic heterocycles. The van der Waals surface area contributed by atoms with Crippen molar-refractivity contribution in [2.75, 3.05) is 26.2 Å². The highest BCUT2D eigenvalue weighted by atomic mass is 16.5. The molecule has 4 heteroatoms. The molecular weight excluding hydrogens is 336 g/mol. The summed E-state index contributed by atoms with van der Waals surface area (Å²) in [4.78, 5) is 15.0. The second kappa shape index (κ2) is 10.1. The van der Waals surface area contributed by atoms with Crippen LogP contribution in [0.5, 0.6) is 5.75 Å². The largest absolute Gasteiger partial charge is 0.481 e. The summed E-state index contributed by atoms with van der Waals surface area (Å²) >= 11 is 0. The topological polar surface area (TPSA) is 41.6 Å². The standard InChI is InChI=1S/C23H36N2O2/c1-3-22(27-21-12-11-19-9-4-5-10-20(19)16-21)23(26)24-13-7-15-25-14-6-8-18(2)17-25/h11-12,16,18,22H,3-10,13-15,17H2,1-2H3,(H,24,26)/t18-,22-/m1/s1. The number of carbonyl (C=O) groups excluding carboxylic acids is 1. The molecule has 0 saturated carbocycles. The summed E-state index contributed by atoms with van der Waals surface area (Å²) in [5.74, 6) is 1.66. The number of amides is 1. The van der Waals surface area contributed by atoms with E-state index in [2.05, 4.69) is 29.3 Å². The van der Waals surface area contributed by atoms with Crippen LogP contribution in [-0.4, -0.2) is 43.1 Å². The third-order valence-electron chi connectivity index (χ3n) is 5.95. The zero-order valence-electron chi connectivity index (χ0n) is 17.1. The van der Waals surface area contributed by atoms with Crippen molar-refractivity contribution in [3.63, 3.8) is 0 Å². The third kappa shape index (κ3) is 5.97. The van der Waals surface area contributed by atoms with Crippen LogP contribution in [0.15, 0.2) is 18.2 Å². The normalized spacial score (nSPS) is 21.3. The van der Waals surface area contributed by atoms with Crippen molar-refractivity contribution in [2.45, 2.75) is 71.3 Å². The first-order valence-corrected chi connectivity index (χ1v) is 10.9. The van der Waals surface area contributed by atoms with Gasteiger partial charge in [0.15, 0.2) is 6.10 Å². The summed E-state index contributed by atoms with van der Waals surface area (Å²) in [6.07, 6.45) is 8.79. The number of hydrogen-bond donors (Lipinski definition) is 1. The average Bonchev–Trinajstić information content (AvgIpc) is 2.69. The minimum Gasteiger partial charge on any atom is -0.481 e. The van der Waals surface area contributed by atoms with Crippen LogP contribution < -0.4 is 10.1 Å². The van der Waals surface area contributed by atoms with Gasteiger partial charge in [-0.2, -0.15) is 0 Å². The van der Waals surface area contributed by atoms with E-state index in [0.717, 1.165) is 37.6 Å². The summed E-state index contributed by atoms with van der Waals surface area (Å²) in [6.45, 7) is 8.56. The number of ether oxygens (including phenoxy) is 1. The van der Waals surface area contributed by atoms with Crippen LogP contribution in [0.1, 0.15) is 63.5 Å². The second-order valence-corrected chi connectivity index (χ2v) is 8.34. The molecule has 27 heavy (non-hydrogen) atoms. The minimum atomic E-state index is -0.401. The van der Waals surface area contributed by atoms with E-state index in [1.54, 1.807) is 0 Å². The summed E-state index contributed by atoms with van der Waals surface area (Å²) in [6, 6.07) is 6.34. The van der Waals surface area contributed by atoms with Crippen LogP contribution in [0, 0.1) is 5.92 Å². The first kappa shape index (κ1) is 20.2. The van der Waals surface area contributed by atoms with Gasteiger partial charge in [0.2, 0.25) is 0 Å². The number of nitrogens with one attached hydrogen (secondary N) is 1. The maximum atomic E-state index is 12.5. The second-order valence-electron chi connectivity index (χ2n) is 8.34. The summed E-state index contributed by atoms with van der Waals surface area (Å²) in [7, 11) is 0. The molecule has 2 aliphatic rings. The highest BCUT2D eigenvalue weighted by Gasteiger charge is 2.20. The van der Waals surface area contributed by atoms with Crippen LogP contribution in [-0.2, 0) is 17.6 Å². The molecule has 0 radical (unpaired) electrons. The Balaban J connectivity index is 1.42. The first-order chi connectivity index (χ1) is 13.2. The number of fused-ring (bicyclic) bond motifs is 1. The molecule has 1 fully saturated rings. The van der Waals surface area contributed by atoms with Gasteiger partial charge in [0.05, 0.1) is 0 Å².